The number of piperazine rings is 2. The summed E-state index contributed by atoms with van der Waals surface area (Å²) in [5, 5.41) is 17.4. The summed E-state index contributed by atoms with van der Waals surface area (Å²) < 4.78 is 119. The molecule has 1 aromatic heterocycles. The number of allylic oxidation sites excluding steroid dienone is 1. The first-order valence-electron chi connectivity index (χ1n) is 35.0. The zero-order valence-electron chi connectivity index (χ0n) is 58.4. The Balaban J connectivity index is 0.597. The van der Waals surface area contributed by atoms with Crippen LogP contribution in [0, 0.1) is 5.41 Å². The minimum absolute atomic E-state index is 0.0264. The van der Waals surface area contributed by atoms with Crippen LogP contribution < -0.4 is 25.6 Å². The number of carbonyl (C=O) groups excluding carboxylic acids is 6. The third-order valence-corrected chi connectivity index (χ3v) is 23.5. The molecule has 6 aromatic rings. The van der Waals surface area contributed by atoms with Gasteiger partial charge < -0.3 is 34.6 Å². The smallest absolute Gasteiger partial charge is 0.382 e. The van der Waals surface area contributed by atoms with Crippen molar-refractivity contribution in [3.63, 3.8) is 0 Å². The summed E-state index contributed by atoms with van der Waals surface area (Å²) in [6.45, 7) is 13.1. The van der Waals surface area contributed by atoms with Crippen molar-refractivity contribution in [2.45, 2.75) is 111 Å². The predicted molar refractivity (Wildman–Crippen MR) is 390 cm³/mol. The lowest BCUT2D eigenvalue weighted by atomic mass is 9.73. The van der Waals surface area contributed by atoms with Crippen LogP contribution in [0.3, 0.4) is 0 Å². The molecule has 0 radical (unpaired) electrons. The van der Waals surface area contributed by atoms with Crippen LogP contribution >= 0.6 is 23.4 Å². The SMILES string of the molecule is CC1(C)CCC(c2ccc(Cl)cc2)=C(CN2CCN(c3ccc(C(=O)NS(=O)(=O)c4ccc(N[C@H](CCN5CCN(C(=O)CCCn6cc(COCCOCCOCCNc7cccc8c7C(=O)N(C7CCC(=O)NC7=O)C8=O)nn6)CC5)CSc5ccccc5)c(S(=O)(=O)C(F)(F)F)c4)cc3)CC2)C1. The molecule has 6 amide bonds. The van der Waals surface area contributed by atoms with Gasteiger partial charge in [0.25, 0.3) is 37.6 Å². The largest absolute Gasteiger partial charge is 0.501 e. The molecule has 5 aliphatic rings. The number of hydrogen-bond donors (Lipinski definition) is 4. The molecule has 32 heteroatoms. The van der Waals surface area contributed by atoms with Gasteiger partial charge in [-0.3, -0.25) is 53.5 Å². The normalized spacial score (nSPS) is 18.0. The number of benzene rings is 5. The molecule has 4 aliphatic heterocycles. The van der Waals surface area contributed by atoms with Crippen LogP contribution in [0.15, 0.2) is 142 Å². The standard InChI is InChI=1S/C73H86ClF3N12O13S3/c1-72(2)27-25-59(50-13-17-53(74)18-14-50)52(45-72)46-85-33-35-86(36-34-85)56-19-15-51(16-20-56)68(92)82-105(98,99)58-21-22-61(64(44-58)104(96,97)73(75,76)77)79-54(49-103-57-8-4-3-5-9-57)26-30-84-31-37-87(38-32-84)66(91)12-7-29-88-47-55(81-83-88)48-102-43-42-101-41-40-100-39-28-78-62-11-6-10-60-67(62)71(95)89(70(60)94)63-23-24-65(90)80-69(63)93/h3-6,8-11,13-22,44,47,54,63,78-79H,7,12,23-43,45-46,48-49H2,1-2H3,(H,82,92)(H,80,90,93)/t54-,63?/m1/s1. The molecule has 0 spiro atoms. The summed E-state index contributed by atoms with van der Waals surface area (Å²) in [6.07, 6.45) is 5.99. The fraction of sp³-hybridized carbons (Fsp3) is 0.452. The number of nitrogens with one attached hydrogen (secondary N) is 4. The molecule has 5 aromatic carbocycles. The number of anilines is 3. The zero-order valence-corrected chi connectivity index (χ0v) is 61.6. The van der Waals surface area contributed by atoms with Gasteiger partial charge in [-0.1, -0.05) is 72.6 Å². The Labute approximate surface area is 617 Å². The summed E-state index contributed by atoms with van der Waals surface area (Å²) in [5.74, 6) is -3.15. The lowest BCUT2D eigenvalue weighted by Crippen LogP contribution is -2.54. The molecule has 105 heavy (non-hydrogen) atoms. The van der Waals surface area contributed by atoms with E-state index in [-0.39, 0.29) is 79.5 Å². The van der Waals surface area contributed by atoms with Gasteiger partial charge in [-0.2, -0.15) is 13.2 Å². The van der Waals surface area contributed by atoms with Gasteiger partial charge in [0.2, 0.25) is 17.7 Å². The van der Waals surface area contributed by atoms with E-state index in [1.165, 1.54) is 46.7 Å². The van der Waals surface area contributed by atoms with E-state index in [1.54, 1.807) is 40.0 Å². The van der Waals surface area contributed by atoms with Crippen molar-refractivity contribution in [2.24, 2.45) is 5.41 Å². The second kappa shape index (κ2) is 35.0. The van der Waals surface area contributed by atoms with Crippen LogP contribution in [0.4, 0.5) is 30.2 Å². The maximum Gasteiger partial charge on any atom is 0.501 e. The van der Waals surface area contributed by atoms with Gasteiger partial charge >= 0.3 is 5.51 Å². The van der Waals surface area contributed by atoms with E-state index < -0.39 is 82.5 Å². The van der Waals surface area contributed by atoms with Gasteiger partial charge in [0.1, 0.15) is 16.6 Å². The number of piperidine rings is 1. The number of hydrogen-bond acceptors (Lipinski definition) is 21. The van der Waals surface area contributed by atoms with Crippen LogP contribution in [-0.4, -0.2) is 215 Å². The van der Waals surface area contributed by atoms with Crippen molar-refractivity contribution in [1.82, 2.24) is 44.6 Å². The zero-order chi connectivity index (χ0) is 74.5. The second-order valence-corrected chi connectivity index (χ2v) is 32.3. The van der Waals surface area contributed by atoms with Gasteiger partial charge in [0.05, 0.1) is 67.5 Å². The highest BCUT2D eigenvalue weighted by atomic mass is 35.5. The van der Waals surface area contributed by atoms with Crippen molar-refractivity contribution >= 4 is 101 Å². The molecule has 3 saturated heterocycles. The lowest BCUT2D eigenvalue weighted by molar-refractivity contribution is -0.136. The van der Waals surface area contributed by atoms with Crippen molar-refractivity contribution in [3.05, 3.63) is 160 Å². The highest BCUT2D eigenvalue weighted by molar-refractivity contribution is 7.99. The molecule has 3 fully saturated rings. The quantitative estimate of drug-likeness (QED) is 0.0170. The summed E-state index contributed by atoms with van der Waals surface area (Å²) in [6, 6.07) is 29.1. The first kappa shape index (κ1) is 77.8. The van der Waals surface area contributed by atoms with E-state index in [1.807, 2.05) is 47.2 Å². The number of rotatable bonds is 33. The van der Waals surface area contributed by atoms with Crippen LogP contribution in [0.1, 0.15) is 108 Å². The number of nitrogens with zero attached hydrogens (tertiary/aromatic N) is 8. The van der Waals surface area contributed by atoms with Gasteiger partial charge in [-0.25, -0.2) is 21.6 Å². The Morgan fingerprint density at radius 2 is 1.48 bits per heavy atom. The van der Waals surface area contributed by atoms with E-state index in [9.17, 15) is 58.8 Å². The molecular formula is C73H86ClF3N12O13S3. The van der Waals surface area contributed by atoms with Crippen molar-refractivity contribution in [1.29, 1.82) is 0 Å². The van der Waals surface area contributed by atoms with Crippen molar-refractivity contribution in [2.75, 3.05) is 126 Å². The molecule has 0 bridgehead atoms. The number of sulfone groups is 1. The number of halogens is 4. The van der Waals surface area contributed by atoms with Gasteiger partial charge in [0, 0.05) is 130 Å². The molecule has 5 heterocycles. The van der Waals surface area contributed by atoms with Crippen LogP contribution in [0.25, 0.3) is 5.57 Å². The third-order valence-electron chi connectivity index (χ3n) is 19.2. The minimum Gasteiger partial charge on any atom is -0.382 e. The summed E-state index contributed by atoms with van der Waals surface area (Å²) in [7, 11) is -11.1. The molecule has 4 N–H and O–H groups in total. The molecule has 2 atom stereocenters. The Morgan fingerprint density at radius 1 is 0.771 bits per heavy atom. The summed E-state index contributed by atoms with van der Waals surface area (Å²) in [4.78, 5) is 85.6. The minimum atomic E-state index is -6.17. The maximum atomic E-state index is 14.6. The number of thioether (sulfide) groups is 1. The summed E-state index contributed by atoms with van der Waals surface area (Å²) in [5.41, 5.74) is 0.0441. The molecule has 1 aliphatic carbocycles. The highest BCUT2D eigenvalue weighted by Crippen LogP contribution is 2.44. The Kier molecular flexibility index (Phi) is 25.9. The Bertz CT molecular complexity index is 4370. The first-order valence-corrected chi connectivity index (χ1v) is 39.3. The Hall–Kier alpha value is -8.27. The third kappa shape index (κ3) is 20.3. The van der Waals surface area contributed by atoms with Gasteiger partial charge in [0.15, 0.2) is 0 Å². The van der Waals surface area contributed by atoms with Crippen LogP contribution in [0.2, 0.25) is 5.02 Å². The van der Waals surface area contributed by atoms with E-state index in [0.717, 1.165) is 66.5 Å². The molecule has 25 nitrogen and oxygen atoms in total. The number of imide groups is 2. The molecule has 11 rings (SSSR count). The number of sulfonamides is 1. The van der Waals surface area contributed by atoms with Crippen molar-refractivity contribution in [3.8, 4) is 0 Å². The number of amides is 6. The van der Waals surface area contributed by atoms with E-state index in [2.05, 4.69) is 66.9 Å². The average Bonchev–Trinajstić information content (AvgIpc) is 1.69. The number of ether oxygens (including phenoxy) is 3. The van der Waals surface area contributed by atoms with E-state index in [4.69, 9.17) is 25.8 Å². The van der Waals surface area contributed by atoms with E-state index >= 15 is 0 Å². The number of fused-ring (bicyclic) bond motifs is 1. The van der Waals surface area contributed by atoms with Crippen LogP contribution in [0.5, 0.6) is 0 Å². The number of aromatic nitrogens is 3. The molecule has 562 valence electrons. The number of aryl methyl sites for hydroxylation is 1. The second-order valence-electron chi connectivity index (χ2n) is 27.2. The molecule has 0 saturated carbocycles. The topological polar surface area (TPSA) is 293 Å². The van der Waals surface area contributed by atoms with Gasteiger partial charge in [-0.15, -0.1) is 16.9 Å². The number of carbonyl (C=O) groups is 6. The van der Waals surface area contributed by atoms with Crippen molar-refractivity contribution < 1.29 is 73.0 Å². The average molecular weight is 1530 g/mol. The molecular weight excluding hydrogens is 1440 g/mol. The fourth-order valence-electron chi connectivity index (χ4n) is 13.5. The molecule has 1 unspecified atom stereocenters. The highest BCUT2D eigenvalue weighted by Gasteiger charge is 2.49. The lowest BCUT2D eigenvalue weighted by Gasteiger charge is -2.39. The Morgan fingerprint density at radius 3 is 2.19 bits per heavy atom. The maximum absolute atomic E-state index is 14.6. The predicted octanol–water partition coefficient (Wildman–Crippen LogP) is 8.78. The van der Waals surface area contributed by atoms with Crippen LogP contribution in [-0.2, 0) is 61.6 Å². The fourth-order valence-corrected chi connectivity index (χ4v) is 16.6. The summed E-state index contributed by atoms with van der Waals surface area (Å²) >= 11 is 7.62. The van der Waals surface area contributed by atoms with Gasteiger partial charge in [-0.05, 0) is 134 Å². The first-order chi connectivity index (χ1) is 50.3. The number of alkyl halides is 3. The monoisotopic (exact) mass is 1530 g/mol. The van der Waals surface area contributed by atoms with E-state index in [0.29, 0.717) is 107 Å².